The Morgan fingerprint density at radius 3 is 2.58 bits per heavy atom. The highest BCUT2D eigenvalue weighted by molar-refractivity contribution is 5.35. The van der Waals surface area contributed by atoms with Gasteiger partial charge in [0.1, 0.15) is 11.5 Å². The molecule has 2 rings (SSSR count). The van der Waals surface area contributed by atoms with Crippen molar-refractivity contribution >= 4 is 0 Å². The zero-order valence-electron chi connectivity index (χ0n) is 12.0. The highest BCUT2D eigenvalue weighted by atomic mass is 16.3. The number of aryl methyl sites for hydroxylation is 3. The van der Waals surface area contributed by atoms with Gasteiger partial charge in [0.05, 0.1) is 12.2 Å². The van der Waals surface area contributed by atoms with E-state index < -0.39 is 0 Å². The fourth-order valence-electron chi connectivity index (χ4n) is 2.49. The van der Waals surface area contributed by atoms with Gasteiger partial charge in [0.25, 0.3) is 0 Å². The average molecular weight is 262 g/mol. The molecule has 0 aliphatic heterocycles. The number of hydrogen-bond acceptors (Lipinski definition) is 4. The average Bonchev–Trinajstić information content (AvgIpc) is 2.93. The standard InChI is InChI=1S/C14H22N4O/c1-5-18-8-12(7-16-18)6-13(17-15)14-9(2)10(3)19-11(14)4/h7-8,13,17H,5-6,15H2,1-4H3. The second-order valence-corrected chi connectivity index (χ2v) is 4.88. The normalized spacial score (nSPS) is 12.9. The first-order chi connectivity index (χ1) is 9.06. The van der Waals surface area contributed by atoms with E-state index in [2.05, 4.69) is 30.6 Å². The van der Waals surface area contributed by atoms with Crippen LogP contribution in [0.15, 0.2) is 16.8 Å². The third kappa shape index (κ3) is 2.72. The van der Waals surface area contributed by atoms with Crippen molar-refractivity contribution in [3.05, 3.63) is 40.6 Å². The van der Waals surface area contributed by atoms with E-state index in [1.165, 1.54) is 11.1 Å². The quantitative estimate of drug-likeness (QED) is 0.640. The molecule has 0 saturated carbocycles. The molecule has 0 aliphatic rings. The Labute approximate surface area is 113 Å². The maximum Gasteiger partial charge on any atom is 0.106 e. The molecule has 0 aromatic carbocycles. The van der Waals surface area contributed by atoms with Crippen LogP contribution in [0.5, 0.6) is 0 Å². The Kier molecular flexibility index (Phi) is 4.07. The van der Waals surface area contributed by atoms with E-state index >= 15 is 0 Å². The molecule has 0 aliphatic carbocycles. The highest BCUT2D eigenvalue weighted by Crippen LogP contribution is 2.28. The highest BCUT2D eigenvalue weighted by Gasteiger charge is 2.20. The minimum atomic E-state index is 0.0481. The number of rotatable bonds is 5. The molecule has 0 bridgehead atoms. The molecule has 0 saturated heterocycles. The zero-order chi connectivity index (χ0) is 14.0. The monoisotopic (exact) mass is 262 g/mol. The van der Waals surface area contributed by atoms with Gasteiger partial charge in [0, 0.05) is 18.3 Å². The van der Waals surface area contributed by atoms with E-state index in [0.717, 1.165) is 30.0 Å². The van der Waals surface area contributed by atoms with Crippen molar-refractivity contribution in [3.8, 4) is 0 Å². The molecule has 3 N–H and O–H groups in total. The molecular weight excluding hydrogens is 240 g/mol. The van der Waals surface area contributed by atoms with Gasteiger partial charge in [-0.1, -0.05) is 0 Å². The van der Waals surface area contributed by atoms with Gasteiger partial charge in [-0.25, -0.2) is 0 Å². The molecule has 1 atom stereocenters. The van der Waals surface area contributed by atoms with Crippen LogP contribution in [0, 0.1) is 20.8 Å². The second kappa shape index (κ2) is 5.59. The Hall–Kier alpha value is -1.59. The number of hydrazine groups is 1. The summed E-state index contributed by atoms with van der Waals surface area (Å²) >= 11 is 0. The SMILES string of the molecule is CCn1cc(CC(NN)c2c(C)oc(C)c2C)cn1. The first kappa shape index (κ1) is 13.8. The summed E-state index contributed by atoms with van der Waals surface area (Å²) in [6.07, 6.45) is 4.75. The molecule has 0 radical (unpaired) electrons. The van der Waals surface area contributed by atoms with Crippen LogP contribution >= 0.6 is 0 Å². The van der Waals surface area contributed by atoms with Gasteiger partial charge >= 0.3 is 0 Å². The molecule has 0 amide bonds. The Morgan fingerprint density at radius 1 is 1.37 bits per heavy atom. The Balaban J connectivity index is 2.24. The van der Waals surface area contributed by atoms with Crippen molar-refractivity contribution in [2.45, 2.75) is 46.7 Å². The lowest BCUT2D eigenvalue weighted by Crippen LogP contribution is -2.30. The van der Waals surface area contributed by atoms with E-state index in [-0.39, 0.29) is 6.04 Å². The molecular formula is C14H22N4O. The lowest BCUT2D eigenvalue weighted by molar-refractivity contribution is 0.484. The van der Waals surface area contributed by atoms with Crippen LogP contribution in [0.3, 0.4) is 0 Å². The van der Waals surface area contributed by atoms with Crippen LogP contribution in [0.1, 0.15) is 41.2 Å². The van der Waals surface area contributed by atoms with E-state index in [9.17, 15) is 0 Å². The topological polar surface area (TPSA) is 69.0 Å². The number of aromatic nitrogens is 2. The minimum absolute atomic E-state index is 0.0481. The van der Waals surface area contributed by atoms with Crippen LogP contribution in [0.25, 0.3) is 0 Å². The number of nitrogens with one attached hydrogen (secondary N) is 1. The van der Waals surface area contributed by atoms with Crippen molar-refractivity contribution in [2.75, 3.05) is 0 Å². The molecule has 5 nitrogen and oxygen atoms in total. The summed E-state index contributed by atoms with van der Waals surface area (Å²) in [7, 11) is 0. The lowest BCUT2D eigenvalue weighted by Gasteiger charge is -2.15. The fourth-order valence-corrected chi connectivity index (χ4v) is 2.49. The summed E-state index contributed by atoms with van der Waals surface area (Å²) in [4.78, 5) is 0. The maximum absolute atomic E-state index is 5.72. The molecule has 2 aromatic heterocycles. The molecule has 104 valence electrons. The number of furan rings is 1. The molecule has 2 aromatic rings. The van der Waals surface area contributed by atoms with Crippen molar-refractivity contribution in [1.29, 1.82) is 0 Å². The van der Waals surface area contributed by atoms with E-state index in [1.807, 2.05) is 24.7 Å². The Bertz CT molecular complexity index is 556. The van der Waals surface area contributed by atoms with Crippen molar-refractivity contribution in [1.82, 2.24) is 15.2 Å². The molecule has 2 heterocycles. The largest absolute Gasteiger partial charge is 0.466 e. The van der Waals surface area contributed by atoms with Crippen LogP contribution in [-0.4, -0.2) is 9.78 Å². The predicted molar refractivity (Wildman–Crippen MR) is 74.6 cm³/mol. The summed E-state index contributed by atoms with van der Waals surface area (Å²) < 4.78 is 7.60. The molecule has 0 spiro atoms. The van der Waals surface area contributed by atoms with Gasteiger partial charge < -0.3 is 4.42 Å². The first-order valence-electron chi connectivity index (χ1n) is 6.60. The summed E-state index contributed by atoms with van der Waals surface area (Å²) in [5.74, 6) is 7.61. The van der Waals surface area contributed by atoms with Gasteiger partial charge in [-0.3, -0.25) is 16.0 Å². The molecule has 0 fully saturated rings. The number of hydrogen-bond donors (Lipinski definition) is 2. The van der Waals surface area contributed by atoms with Gasteiger partial charge in [-0.15, -0.1) is 0 Å². The van der Waals surface area contributed by atoms with Crippen LogP contribution in [0.4, 0.5) is 0 Å². The molecule has 5 heteroatoms. The lowest BCUT2D eigenvalue weighted by atomic mass is 9.98. The number of nitrogens with zero attached hydrogens (tertiary/aromatic N) is 2. The second-order valence-electron chi connectivity index (χ2n) is 4.88. The Morgan fingerprint density at radius 2 is 2.11 bits per heavy atom. The van der Waals surface area contributed by atoms with Gasteiger partial charge in [0.2, 0.25) is 0 Å². The van der Waals surface area contributed by atoms with Crippen molar-refractivity contribution in [2.24, 2.45) is 5.84 Å². The van der Waals surface area contributed by atoms with Crippen LogP contribution < -0.4 is 11.3 Å². The van der Waals surface area contributed by atoms with Gasteiger partial charge in [0.15, 0.2) is 0 Å². The number of nitrogens with two attached hydrogens (primary N) is 1. The zero-order valence-corrected chi connectivity index (χ0v) is 12.0. The summed E-state index contributed by atoms with van der Waals surface area (Å²) in [5, 5.41) is 4.29. The third-order valence-corrected chi connectivity index (χ3v) is 3.62. The van der Waals surface area contributed by atoms with Gasteiger partial charge in [-0.2, -0.15) is 5.10 Å². The summed E-state index contributed by atoms with van der Waals surface area (Å²) in [6.45, 7) is 8.98. The van der Waals surface area contributed by atoms with Crippen LogP contribution in [0.2, 0.25) is 0 Å². The summed E-state index contributed by atoms with van der Waals surface area (Å²) in [6, 6.07) is 0.0481. The van der Waals surface area contributed by atoms with Crippen molar-refractivity contribution in [3.63, 3.8) is 0 Å². The molecule has 19 heavy (non-hydrogen) atoms. The van der Waals surface area contributed by atoms with E-state index in [4.69, 9.17) is 10.3 Å². The minimum Gasteiger partial charge on any atom is -0.466 e. The fraction of sp³-hybridized carbons (Fsp3) is 0.500. The van der Waals surface area contributed by atoms with Gasteiger partial charge in [-0.05, 0) is 45.2 Å². The predicted octanol–water partition coefficient (Wildman–Crippen LogP) is 2.17. The summed E-state index contributed by atoms with van der Waals surface area (Å²) in [5.41, 5.74) is 6.39. The van der Waals surface area contributed by atoms with E-state index in [0.29, 0.717) is 0 Å². The smallest absolute Gasteiger partial charge is 0.106 e. The maximum atomic E-state index is 5.72. The van der Waals surface area contributed by atoms with Crippen molar-refractivity contribution < 1.29 is 4.42 Å². The van der Waals surface area contributed by atoms with E-state index in [1.54, 1.807) is 0 Å². The third-order valence-electron chi connectivity index (χ3n) is 3.62. The van der Waals surface area contributed by atoms with Crippen LogP contribution in [-0.2, 0) is 13.0 Å². The first-order valence-corrected chi connectivity index (χ1v) is 6.60. The molecule has 1 unspecified atom stereocenters.